The molecule has 0 bridgehead atoms. The minimum Gasteiger partial charge on any atom is -0.491 e. The summed E-state index contributed by atoms with van der Waals surface area (Å²) in [6, 6.07) is 17.7. The Morgan fingerprint density at radius 3 is 2.53 bits per heavy atom. The first kappa shape index (κ1) is 24.6. The third-order valence-electron chi connectivity index (χ3n) is 5.54. The van der Waals surface area contributed by atoms with E-state index in [1.807, 2.05) is 30.3 Å². The molecule has 9 heteroatoms. The van der Waals surface area contributed by atoms with Crippen LogP contribution in [0.15, 0.2) is 66.7 Å². The third kappa shape index (κ3) is 5.76. The van der Waals surface area contributed by atoms with E-state index in [1.165, 1.54) is 12.1 Å². The molecule has 0 aliphatic heterocycles. The number of primary amides is 1. The second-order valence-electron chi connectivity index (χ2n) is 8.04. The predicted octanol–water partition coefficient (Wildman–Crippen LogP) is 3.59. The smallest absolute Gasteiger partial charge is 0.255 e. The van der Waals surface area contributed by atoms with Crippen LogP contribution in [0, 0.1) is 5.82 Å². The van der Waals surface area contributed by atoms with Gasteiger partial charge in [-0.1, -0.05) is 48.5 Å². The van der Waals surface area contributed by atoms with Crippen LogP contribution >= 0.6 is 0 Å². The number of nitrogens with zero attached hydrogens (tertiary/aromatic N) is 1. The van der Waals surface area contributed by atoms with Crippen molar-refractivity contribution in [1.82, 2.24) is 15.5 Å². The molecule has 1 atom stereocenters. The molecule has 5 N–H and O–H groups in total. The Morgan fingerprint density at radius 2 is 1.83 bits per heavy atom. The van der Waals surface area contributed by atoms with Crippen LogP contribution in [0.2, 0.25) is 0 Å². The number of aliphatic hydroxyl groups is 1. The lowest BCUT2D eigenvalue weighted by Gasteiger charge is -2.18. The average Bonchev–Trinajstić information content (AvgIpc) is 3.30. The highest BCUT2D eigenvalue weighted by Gasteiger charge is 2.22. The molecule has 4 rings (SSSR count). The van der Waals surface area contributed by atoms with Crippen molar-refractivity contribution in [3.05, 3.63) is 94.9 Å². The van der Waals surface area contributed by atoms with Gasteiger partial charge in [-0.15, -0.1) is 0 Å². The van der Waals surface area contributed by atoms with E-state index in [0.29, 0.717) is 16.6 Å². The zero-order valence-electron chi connectivity index (χ0n) is 19.3. The van der Waals surface area contributed by atoms with Gasteiger partial charge in [-0.25, -0.2) is 4.39 Å². The van der Waals surface area contributed by atoms with E-state index in [-0.39, 0.29) is 36.8 Å². The Hall–Kier alpha value is -4.50. The molecule has 0 aliphatic carbocycles. The number of hydrogen-bond donors (Lipinski definition) is 4. The van der Waals surface area contributed by atoms with Gasteiger partial charge in [0, 0.05) is 0 Å². The highest BCUT2D eigenvalue weighted by molar-refractivity contribution is 6.05. The summed E-state index contributed by atoms with van der Waals surface area (Å²) in [4.78, 5) is 24.6. The van der Waals surface area contributed by atoms with E-state index in [2.05, 4.69) is 15.5 Å². The van der Waals surface area contributed by atoms with Gasteiger partial charge in [-0.05, 0) is 41.5 Å². The number of halogens is 1. The fraction of sp³-hybridized carbons (Fsp3) is 0.148. The summed E-state index contributed by atoms with van der Waals surface area (Å²) < 4.78 is 19.1. The van der Waals surface area contributed by atoms with E-state index in [9.17, 15) is 19.1 Å². The largest absolute Gasteiger partial charge is 0.491 e. The van der Waals surface area contributed by atoms with Gasteiger partial charge >= 0.3 is 0 Å². The summed E-state index contributed by atoms with van der Waals surface area (Å²) in [6.07, 6.45) is 3.47. The second kappa shape index (κ2) is 11.3. The average molecular weight is 489 g/mol. The Labute approximate surface area is 206 Å². The van der Waals surface area contributed by atoms with Crippen LogP contribution in [-0.4, -0.2) is 40.3 Å². The van der Waals surface area contributed by atoms with Crippen LogP contribution in [0.25, 0.3) is 23.1 Å². The van der Waals surface area contributed by atoms with Crippen LogP contribution in [0.5, 0.6) is 5.75 Å². The topological polar surface area (TPSA) is 130 Å². The number of aliphatic hydroxyl groups excluding tert-OH is 1. The van der Waals surface area contributed by atoms with E-state index < -0.39 is 17.9 Å². The van der Waals surface area contributed by atoms with E-state index in [1.54, 1.807) is 36.4 Å². The summed E-state index contributed by atoms with van der Waals surface area (Å²) in [5.41, 5.74) is 8.08. The van der Waals surface area contributed by atoms with Crippen molar-refractivity contribution < 1.29 is 23.8 Å². The van der Waals surface area contributed by atoms with E-state index in [4.69, 9.17) is 10.5 Å². The number of rotatable bonds is 10. The first-order valence-electron chi connectivity index (χ1n) is 11.3. The second-order valence-corrected chi connectivity index (χ2v) is 8.04. The lowest BCUT2D eigenvalue weighted by molar-refractivity contribution is -0.118. The van der Waals surface area contributed by atoms with Crippen LogP contribution in [0.1, 0.15) is 39.6 Å². The van der Waals surface area contributed by atoms with E-state index >= 15 is 0 Å². The van der Waals surface area contributed by atoms with Gasteiger partial charge < -0.3 is 20.9 Å². The number of carbonyl (C=O) groups is 2. The van der Waals surface area contributed by atoms with Crippen LogP contribution in [0.3, 0.4) is 0 Å². The fourth-order valence-electron chi connectivity index (χ4n) is 3.71. The molecule has 0 saturated heterocycles. The number of hydrogen-bond acceptors (Lipinski definition) is 5. The zero-order chi connectivity index (χ0) is 25.5. The molecule has 0 radical (unpaired) electrons. The van der Waals surface area contributed by atoms with Crippen molar-refractivity contribution in [2.24, 2.45) is 5.73 Å². The summed E-state index contributed by atoms with van der Waals surface area (Å²) in [5, 5.41) is 20.5. The maximum Gasteiger partial charge on any atom is 0.255 e. The molecule has 0 unspecified atom stereocenters. The van der Waals surface area contributed by atoms with Gasteiger partial charge in [0.1, 0.15) is 11.6 Å². The SMILES string of the molecule is NC(=O)CCOc1c(C(=O)N[C@H](CO)c2ccccc2)ccc2n[nH]c(/C=C/c3ccc(F)cc3)c12. The lowest BCUT2D eigenvalue weighted by atomic mass is 10.0. The zero-order valence-corrected chi connectivity index (χ0v) is 19.3. The number of aromatic nitrogens is 2. The Balaban J connectivity index is 1.71. The molecule has 8 nitrogen and oxygen atoms in total. The summed E-state index contributed by atoms with van der Waals surface area (Å²) >= 11 is 0. The van der Waals surface area contributed by atoms with Gasteiger partial charge in [0.25, 0.3) is 5.91 Å². The molecule has 0 spiro atoms. The third-order valence-corrected chi connectivity index (χ3v) is 5.54. The molecule has 4 aromatic rings. The first-order chi connectivity index (χ1) is 17.5. The van der Waals surface area contributed by atoms with Gasteiger partial charge in [0.15, 0.2) is 0 Å². The minimum absolute atomic E-state index is 0.0386. The quantitative estimate of drug-likeness (QED) is 0.271. The van der Waals surface area contributed by atoms with Crippen molar-refractivity contribution in [2.45, 2.75) is 12.5 Å². The number of amides is 2. The molecule has 36 heavy (non-hydrogen) atoms. The molecule has 2 amide bonds. The van der Waals surface area contributed by atoms with Crippen molar-refractivity contribution in [3.8, 4) is 5.75 Å². The Morgan fingerprint density at radius 1 is 1.08 bits per heavy atom. The number of benzene rings is 3. The number of fused-ring (bicyclic) bond motifs is 1. The first-order valence-corrected chi connectivity index (χ1v) is 11.3. The van der Waals surface area contributed by atoms with Gasteiger partial charge in [0.2, 0.25) is 5.91 Å². The number of ether oxygens (including phenoxy) is 1. The molecule has 0 fully saturated rings. The predicted molar refractivity (Wildman–Crippen MR) is 134 cm³/mol. The number of aromatic amines is 1. The summed E-state index contributed by atoms with van der Waals surface area (Å²) in [5.74, 6) is -1.12. The number of H-pyrrole nitrogens is 1. The summed E-state index contributed by atoms with van der Waals surface area (Å²) in [7, 11) is 0. The molecule has 3 aromatic carbocycles. The standard InChI is InChI=1S/C27H25FN4O4/c28-19-9-6-17(7-10-19)8-12-21-25-22(32-31-21)13-11-20(26(25)36-15-14-24(29)34)27(35)30-23(16-33)18-4-2-1-3-5-18/h1-13,23,33H,14-16H2,(H2,29,34)(H,30,35)(H,31,32)/b12-8+/t23-/m1/s1. The van der Waals surface area contributed by atoms with Crippen LogP contribution in [0.4, 0.5) is 4.39 Å². The minimum atomic E-state index is -0.630. The summed E-state index contributed by atoms with van der Waals surface area (Å²) in [6.45, 7) is -0.337. The van der Waals surface area contributed by atoms with Crippen molar-refractivity contribution in [1.29, 1.82) is 0 Å². The molecule has 0 aliphatic rings. The monoisotopic (exact) mass is 488 g/mol. The lowest BCUT2D eigenvalue weighted by Crippen LogP contribution is -2.31. The van der Waals surface area contributed by atoms with Crippen molar-refractivity contribution in [3.63, 3.8) is 0 Å². The molecule has 1 heterocycles. The van der Waals surface area contributed by atoms with Gasteiger partial charge in [-0.3, -0.25) is 14.7 Å². The molecule has 184 valence electrons. The highest BCUT2D eigenvalue weighted by atomic mass is 19.1. The maximum atomic E-state index is 13.3. The van der Waals surface area contributed by atoms with Crippen LogP contribution < -0.4 is 15.8 Å². The van der Waals surface area contributed by atoms with Crippen molar-refractivity contribution >= 4 is 34.9 Å². The Bertz CT molecular complexity index is 1380. The maximum absolute atomic E-state index is 13.3. The fourth-order valence-corrected chi connectivity index (χ4v) is 3.71. The van der Waals surface area contributed by atoms with E-state index in [0.717, 1.165) is 11.1 Å². The molecular weight excluding hydrogens is 463 g/mol. The van der Waals surface area contributed by atoms with Gasteiger partial charge in [0.05, 0.1) is 47.8 Å². The number of nitrogens with two attached hydrogens (primary N) is 1. The Kier molecular flexibility index (Phi) is 7.72. The van der Waals surface area contributed by atoms with Gasteiger partial charge in [-0.2, -0.15) is 5.10 Å². The van der Waals surface area contributed by atoms with Crippen LogP contribution in [-0.2, 0) is 4.79 Å². The highest BCUT2D eigenvalue weighted by Crippen LogP contribution is 2.33. The molecule has 0 saturated carbocycles. The van der Waals surface area contributed by atoms with Crippen molar-refractivity contribution in [2.75, 3.05) is 13.2 Å². The molecule has 1 aromatic heterocycles. The molecular formula is C27H25FN4O4. The normalized spacial score (nSPS) is 12.1. The number of carbonyl (C=O) groups excluding carboxylic acids is 2. The number of nitrogens with one attached hydrogen (secondary N) is 2.